The number of nitrogens with one attached hydrogen (secondary N) is 2. The lowest BCUT2D eigenvalue weighted by Crippen LogP contribution is -2.41. The van der Waals surface area contributed by atoms with Gasteiger partial charge < -0.3 is 11.5 Å². The molecule has 0 radical (unpaired) electrons. The lowest BCUT2D eigenvalue weighted by molar-refractivity contribution is 0.462. The van der Waals surface area contributed by atoms with E-state index in [0.717, 1.165) is 6.42 Å². The summed E-state index contributed by atoms with van der Waals surface area (Å²) in [5, 5.41) is 9.44. The van der Waals surface area contributed by atoms with E-state index in [4.69, 9.17) is 16.9 Å². The number of hydrogen-bond donors (Lipinski definition) is 4. The largest absolute Gasteiger partial charge is 0.370 e. The second-order valence-electron chi connectivity index (χ2n) is 6.10. The second kappa shape index (κ2) is 25.6. The van der Waals surface area contributed by atoms with Crippen LogP contribution in [0.15, 0.2) is 4.99 Å². The molecule has 0 aliphatic heterocycles. The highest BCUT2D eigenvalue weighted by molar-refractivity contribution is 5.95. The molecule has 0 heterocycles. The molecule has 0 fully saturated rings. The molecule has 0 rings (SSSR count). The Hall–Kier alpha value is -0.680. The monoisotopic (exact) mass is 399 g/mol. The Labute approximate surface area is 168 Å². The van der Waals surface area contributed by atoms with Crippen molar-refractivity contribution in [2.45, 2.75) is 91.9 Å². The Bertz CT molecular complexity index is 293. The first kappa shape index (κ1) is 32.0. The molecular weight excluding hydrogens is 357 g/mol. The normalized spacial score (nSPS) is 11.3. The van der Waals surface area contributed by atoms with E-state index in [2.05, 4.69) is 38.0 Å². The highest BCUT2D eigenvalue weighted by Gasteiger charge is 2.04. The van der Waals surface area contributed by atoms with Crippen LogP contribution in [0.4, 0.5) is 0 Å². The number of unbranched alkanes of at least 4 members (excludes halogenated alkanes) is 6. The van der Waals surface area contributed by atoms with Gasteiger partial charge in [-0.1, -0.05) is 85.5 Å². The maximum atomic E-state index is 6.97. The van der Waals surface area contributed by atoms with Gasteiger partial charge in [0.2, 0.25) is 0 Å². The van der Waals surface area contributed by atoms with E-state index in [1.54, 1.807) is 0 Å². The van der Waals surface area contributed by atoms with E-state index in [9.17, 15) is 0 Å². The molecule has 0 bridgehead atoms. The quantitative estimate of drug-likeness (QED) is 0.217. The second-order valence-corrected chi connectivity index (χ2v) is 6.10. The summed E-state index contributed by atoms with van der Waals surface area (Å²) in [5.74, 6) is 0.646. The van der Waals surface area contributed by atoms with Crippen molar-refractivity contribution in [2.75, 3.05) is 6.54 Å². The molecule has 6 N–H and O–H groups in total. The molecule has 25 heavy (non-hydrogen) atoms. The standard InChI is InChI=1S/C10H23N5.C8H18.2ClH/c1-3-5-6-8(4-2)7-14-10(13)15-9(11)12;1-3-5-7-8-6-4-2;;/h8H,3-7H2,1-2H3,(H6,11,12,13,14,15);3-8H2,1-2H3;2*1H. The average molecular weight is 400 g/mol. The number of nitrogens with two attached hydrogens (primary N) is 2. The van der Waals surface area contributed by atoms with Gasteiger partial charge in [-0.25, -0.2) is 0 Å². The van der Waals surface area contributed by atoms with Crippen molar-refractivity contribution in [3.05, 3.63) is 0 Å². The summed E-state index contributed by atoms with van der Waals surface area (Å²) in [6.45, 7) is 9.56. The summed E-state index contributed by atoms with van der Waals surface area (Å²) in [4.78, 5) is 4.15. The predicted octanol–water partition coefficient (Wildman–Crippen LogP) is 5.21. The summed E-state index contributed by atoms with van der Waals surface area (Å²) in [6, 6.07) is 0. The van der Waals surface area contributed by atoms with E-state index in [1.165, 1.54) is 57.8 Å². The number of halogens is 2. The molecule has 0 spiro atoms. The van der Waals surface area contributed by atoms with Gasteiger partial charge in [0.25, 0.3) is 0 Å². The summed E-state index contributed by atoms with van der Waals surface area (Å²) >= 11 is 0. The molecule has 7 heteroatoms. The van der Waals surface area contributed by atoms with Crippen molar-refractivity contribution in [3.63, 3.8) is 0 Å². The van der Waals surface area contributed by atoms with Gasteiger partial charge in [-0.05, 0) is 12.3 Å². The van der Waals surface area contributed by atoms with Crippen LogP contribution in [-0.2, 0) is 0 Å². The topological polar surface area (TPSA) is 100 Å². The van der Waals surface area contributed by atoms with Gasteiger partial charge in [0.15, 0.2) is 11.9 Å². The van der Waals surface area contributed by atoms with Crippen LogP contribution in [0.2, 0.25) is 0 Å². The zero-order chi connectivity index (χ0) is 17.9. The van der Waals surface area contributed by atoms with Crippen molar-refractivity contribution in [1.29, 1.82) is 5.41 Å². The summed E-state index contributed by atoms with van der Waals surface area (Å²) in [5.41, 5.74) is 10.6. The molecular formula is C18H43Cl2N5. The number of rotatable bonds is 11. The lowest BCUT2D eigenvalue weighted by atomic mass is 10.00. The molecule has 1 unspecified atom stereocenters. The van der Waals surface area contributed by atoms with Crippen LogP contribution in [0.25, 0.3) is 0 Å². The van der Waals surface area contributed by atoms with Crippen LogP contribution < -0.4 is 16.8 Å². The van der Waals surface area contributed by atoms with Gasteiger partial charge in [0.05, 0.1) is 0 Å². The van der Waals surface area contributed by atoms with Crippen LogP contribution in [0.1, 0.15) is 91.9 Å². The van der Waals surface area contributed by atoms with Crippen molar-refractivity contribution in [1.82, 2.24) is 5.32 Å². The van der Waals surface area contributed by atoms with Crippen LogP contribution in [0, 0.1) is 11.3 Å². The van der Waals surface area contributed by atoms with Gasteiger partial charge in [0.1, 0.15) is 0 Å². The molecule has 0 saturated carbocycles. The molecule has 0 aromatic rings. The van der Waals surface area contributed by atoms with Gasteiger partial charge >= 0.3 is 0 Å². The van der Waals surface area contributed by atoms with Crippen LogP contribution >= 0.6 is 24.8 Å². The molecule has 0 aliphatic rings. The summed E-state index contributed by atoms with van der Waals surface area (Å²) in [7, 11) is 0. The van der Waals surface area contributed by atoms with E-state index in [0.29, 0.717) is 12.5 Å². The van der Waals surface area contributed by atoms with Gasteiger partial charge in [-0.15, -0.1) is 24.8 Å². The van der Waals surface area contributed by atoms with Crippen molar-refractivity contribution < 1.29 is 0 Å². The summed E-state index contributed by atoms with van der Waals surface area (Å²) in [6.07, 6.45) is 13.2. The van der Waals surface area contributed by atoms with Gasteiger partial charge in [0, 0.05) is 6.54 Å². The van der Waals surface area contributed by atoms with Crippen molar-refractivity contribution in [2.24, 2.45) is 22.4 Å². The smallest absolute Gasteiger partial charge is 0.195 e. The van der Waals surface area contributed by atoms with Crippen molar-refractivity contribution in [3.8, 4) is 0 Å². The van der Waals surface area contributed by atoms with Crippen LogP contribution in [0.5, 0.6) is 0 Å². The molecule has 0 aliphatic carbocycles. The minimum Gasteiger partial charge on any atom is -0.370 e. The van der Waals surface area contributed by atoms with Gasteiger partial charge in [-0.3, -0.25) is 15.7 Å². The Morgan fingerprint density at radius 3 is 1.72 bits per heavy atom. The first-order valence-corrected chi connectivity index (χ1v) is 9.42. The molecule has 154 valence electrons. The summed E-state index contributed by atoms with van der Waals surface area (Å²) < 4.78 is 0. The van der Waals surface area contributed by atoms with E-state index >= 15 is 0 Å². The SMILES string of the molecule is CCCCC(CC)CN=C(N)NC(=N)N.CCCCCCCC.Cl.Cl. The average Bonchev–Trinajstić information content (AvgIpc) is 2.52. The zero-order valence-electron chi connectivity index (χ0n) is 16.8. The number of aliphatic imine (C=N–C) groups is 1. The molecule has 0 saturated heterocycles. The fourth-order valence-corrected chi connectivity index (χ4v) is 2.18. The Kier molecular flexibility index (Phi) is 32.7. The third-order valence-corrected chi connectivity index (χ3v) is 3.78. The van der Waals surface area contributed by atoms with E-state index < -0.39 is 0 Å². The highest BCUT2D eigenvalue weighted by Crippen LogP contribution is 2.12. The number of guanidine groups is 2. The molecule has 1 atom stereocenters. The predicted molar refractivity (Wildman–Crippen MR) is 118 cm³/mol. The van der Waals surface area contributed by atoms with Crippen LogP contribution in [-0.4, -0.2) is 18.5 Å². The Morgan fingerprint density at radius 2 is 1.36 bits per heavy atom. The Morgan fingerprint density at radius 1 is 0.880 bits per heavy atom. The fraction of sp³-hybridized carbons (Fsp3) is 0.889. The highest BCUT2D eigenvalue weighted by atomic mass is 35.5. The maximum absolute atomic E-state index is 6.97. The van der Waals surface area contributed by atoms with Crippen LogP contribution in [0.3, 0.4) is 0 Å². The third-order valence-electron chi connectivity index (χ3n) is 3.78. The number of hydrogen-bond acceptors (Lipinski definition) is 2. The first-order valence-electron chi connectivity index (χ1n) is 9.42. The Balaban J connectivity index is -0.000000190. The molecule has 0 amide bonds. The van der Waals surface area contributed by atoms with E-state index in [-0.39, 0.29) is 36.7 Å². The molecule has 0 aromatic heterocycles. The zero-order valence-corrected chi connectivity index (χ0v) is 18.4. The molecule has 0 aromatic carbocycles. The lowest BCUT2D eigenvalue weighted by Gasteiger charge is -2.11. The first-order chi connectivity index (χ1) is 11.0. The van der Waals surface area contributed by atoms with Gasteiger partial charge in [-0.2, -0.15) is 0 Å². The maximum Gasteiger partial charge on any atom is 0.195 e. The van der Waals surface area contributed by atoms with Crippen molar-refractivity contribution >= 4 is 36.7 Å². The fourth-order valence-electron chi connectivity index (χ4n) is 2.18. The number of nitrogens with zero attached hydrogens (tertiary/aromatic N) is 1. The van der Waals surface area contributed by atoms with E-state index in [1.807, 2.05) is 0 Å². The minimum atomic E-state index is -0.169. The minimum absolute atomic E-state index is 0. The third kappa shape index (κ3) is 28.4. The molecule has 5 nitrogen and oxygen atoms in total.